The van der Waals surface area contributed by atoms with Gasteiger partial charge in [0.2, 0.25) is 11.7 Å². The van der Waals surface area contributed by atoms with Gasteiger partial charge in [0.25, 0.3) is 5.91 Å². The van der Waals surface area contributed by atoms with E-state index in [9.17, 15) is 18.0 Å². The lowest BCUT2D eigenvalue weighted by molar-refractivity contribution is -0.143. The molecule has 0 fully saturated rings. The van der Waals surface area contributed by atoms with Gasteiger partial charge in [-0.2, -0.15) is 33.5 Å². The molecule has 0 aliphatic heterocycles. The Hall–Kier alpha value is -4.04. The first kappa shape index (κ1) is 22.7. The molecule has 35 heavy (non-hydrogen) atoms. The molecule has 0 spiro atoms. The Bertz CT molecular complexity index is 1550. The Kier molecular flexibility index (Phi) is 5.61. The number of carbonyl (C=O) groups excluding carboxylic acids is 1. The first-order valence-electron chi connectivity index (χ1n) is 9.69. The Morgan fingerprint density at radius 3 is 2.60 bits per heavy atom. The van der Waals surface area contributed by atoms with Crippen LogP contribution in [0.5, 0.6) is 5.88 Å². The second-order valence-corrected chi connectivity index (χ2v) is 8.50. The van der Waals surface area contributed by atoms with Crippen LogP contribution < -0.4 is 10.1 Å². The van der Waals surface area contributed by atoms with E-state index >= 15 is 0 Å². The van der Waals surface area contributed by atoms with Gasteiger partial charge < -0.3 is 4.74 Å². The van der Waals surface area contributed by atoms with Crippen molar-refractivity contribution in [3.05, 3.63) is 64.6 Å². The van der Waals surface area contributed by atoms with Gasteiger partial charge in [-0.15, -0.1) is 4.80 Å². The molecule has 4 heterocycles. The lowest BCUT2D eigenvalue weighted by Gasteiger charge is -2.14. The molecule has 0 saturated heterocycles. The number of rotatable bonds is 5. The van der Waals surface area contributed by atoms with Crippen LogP contribution in [0, 0.1) is 0 Å². The predicted octanol–water partition coefficient (Wildman–Crippen LogP) is 4.39. The summed E-state index contributed by atoms with van der Waals surface area (Å²) in [6.07, 6.45) is 0.148. The van der Waals surface area contributed by atoms with Crippen LogP contribution in [0.3, 0.4) is 0 Å². The van der Waals surface area contributed by atoms with Gasteiger partial charge in [0.15, 0.2) is 10.8 Å². The van der Waals surface area contributed by atoms with Gasteiger partial charge in [-0.05, 0) is 18.2 Å². The molecule has 0 bridgehead atoms. The quantitative estimate of drug-likeness (QED) is 0.365. The van der Waals surface area contributed by atoms with E-state index in [4.69, 9.17) is 16.3 Å². The lowest BCUT2D eigenvalue weighted by atomic mass is 10.1. The first-order valence-corrected chi connectivity index (χ1v) is 10.9. The zero-order chi connectivity index (χ0) is 24.7. The summed E-state index contributed by atoms with van der Waals surface area (Å²) in [5.74, 6) is -0.693. The second kappa shape index (κ2) is 8.63. The van der Waals surface area contributed by atoms with E-state index in [1.807, 2.05) is 0 Å². The van der Waals surface area contributed by atoms with Crippen molar-refractivity contribution in [3.63, 3.8) is 0 Å². The maximum Gasteiger partial charge on any atom is 0.434 e. The SMILES string of the molecule is COc1nccc2c(-n3ncc(C(=O)Nc4nc(-n5nccn5)c(Cl)s4)c3C(F)(F)F)cccc12. The van der Waals surface area contributed by atoms with Crippen LogP contribution >= 0.6 is 22.9 Å². The van der Waals surface area contributed by atoms with Crippen molar-refractivity contribution in [2.75, 3.05) is 12.4 Å². The Morgan fingerprint density at radius 1 is 1.11 bits per heavy atom. The smallest absolute Gasteiger partial charge is 0.434 e. The molecule has 0 unspecified atom stereocenters. The van der Waals surface area contributed by atoms with E-state index in [0.29, 0.717) is 15.5 Å². The maximum absolute atomic E-state index is 14.2. The first-order chi connectivity index (χ1) is 16.8. The molecule has 1 aromatic carbocycles. The number of fused-ring (bicyclic) bond motifs is 1. The standard InChI is InChI=1S/C20H12ClF3N8O2S/c1-34-18-11-3-2-4-13(10(11)5-6-25-18)31-14(20(22,23)24)12(9-28-31)17(33)30-19-29-16(15(21)35-19)32-26-7-8-27-32/h2-9H,1H3,(H,29,30,33). The van der Waals surface area contributed by atoms with Crippen molar-refractivity contribution >= 4 is 44.7 Å². The third-order valence-corrected chi connectivity index (χ3v) is 6.00. The molecular formula is C20H12ClF3N8O2S. The molecule has 10 nitrogen and oxygen atoms in total. The number of nitrogens with zero attached hydrogens (tertiary/aromatic N) is 7. The van der Waals surface area contributed by atoms with Crippen molar-refractivity contribution in [3.8, 4) is 17.4 Å². The molecule has 0 radical (unpaired) electrons. The Morgan fingerprint density at radius 2 is 1.89 bits per heavy atom. The van der Waals surface area contributed by atoms with Crippen molar-refractivity contribution in [2.24, 2.45) is 0 Å². The van der Waals surface area contributed by atoms with E-state index in [2.05, 4.69) is 30.6 Å². The molecule has 5 aromatic rings. The average Bonchev–Trinajstić information content (AvgIpc) is 3.57. The van der Waals surface area contributed by atoms with Crippen LogP contribution in [0.15, 0.2) is 49.1 Å². The van der Waals surface area contributed by atoms with Crippen LogP contribution in [-0.4, -0.2) is 47.8 Å². The number of amides is 1. The van der Waals surface area contributed by atoms with Crippen LogP contribution in [0.2, 0.25) is 4.34 Å². The zero-order valence-corrected chi connectivity index (χ0v) is 19.1. The number of halogens is 4. The Balaban J connectivity index is 1.57. The summed E-state index contributed by atoms with van der Waals surface area (Å²) in [7, 11) is 1.41. The summed E-state index contributed by atoms with van der Waals surface area (Å²) in [6, 6.07) is 6.20. The number of hydrogen-bond donors (Lipinski definition) is 1. The molecule has 0 aliphatic carbocycles. The average molecular weight is 521 g/mol. The third-order valence-electron chi connectivity index (χ3n) is 4.85. The van der Waals surface area contributed by atoms with Crippen LogP contribution in [0.4, 0.5) is 18.3 Å². The molecule has 0 saturated carbocycles. The van der Waals surface area contributed by atoms with Gasteiger partial charge in [0.1, 0.15) is 4.34 Å². The van der Waals surface area contributed by atoms with Crippen LogP contribution in [0.1, 0.15) is 16.1 Å². The molecule has 0 aliphatic rings. The summed E-state index contributed by atoms with van der Waals surface area (Å²) in [6.45, 7) is 0. The van der Waals surface area contributed by atoms with E-state index < -0.39 is 23.3 Å². The molecule has 1 amide bonds. The highest BCUT2D eigenvalue weighted by Crippen LogP contribution is 2.37. The summed E-state index contributed by atoms with van der Waals surface area (Å²) < 4.78 is 48.6. The molecule has 4 aromatic heterocycles. The van der Waals surface area contributed by atoms with Crippen molar-refractivity contribution < 1.29 is 22.7 Å². The molecule has 5 rings (SSSR count). The minimum Gasteiger partial charge on any atom is -0.481 e. The number of benzene rings is 1. The van der Waals surface area contributed by atoms with Gasteiger partial charge in [0, 0.05) is 17.0 Å². The summed E-state index contributed by atoms with van der Waals surface area (Å²) in [5.41, 5.74) is -1.85. The second-order valence-electron chi connectivity index (χ2n) is 6.90. The number of nitrogens with one attached hydrogen (secondary N) is 1. The fourth-order valence-corrected chi connectivity index (χ4v) is 4.44. The molecular weight excluding hydrogens is 509 g/mol. The number of ether oxygens (including phenoxy) is 1. The van der Waals surface area contributed by atoms with Gasteiger partial charge in [-0.3, -0.25) is 10.1 Å². The largest absolute Gasteiger partial charge is 0.481 e. The Labute approximate surface area is 202 Å². The maximum atomic E-state index is 14.2. The van der Waals surface area contributed by atoms with E-state index in [1.165, 1.54) is 37.8 Å². The van der Waals surface area contributed by atoms with E-state index in [0.717, 1.165) is 22.3 Å². The van der Waals surface area contributed by atoms with Crippen LogP contribution in [0.25, 0.3) is 22.3 Å². The van der Waals surface area contributed by atoms with Crippen LogP contribution in [-0.2, 0) is 6.18 Å². The highest BCUT2D eigenvalue weighted by molar-refractivity contribution is 7.20. The number of anilines is 1. The number of alkyl halides is 3. The number of pyridine rings is 1. The minimum absolute atomic E-state index is 0.0332. The number of hydrogen-bond acceptors (Lipinski definition) is 8. The summed E-state index contributed by atoms with van der Waals surface area (Å²) in [4.78, 5) is 22.2. The van der Waals surface area contributed by atoms with Gasteiger partial charge in [-0.1, -0.05) is 29.0 Å². The van der Waals surface area contributed by atoms with Crippen molar-refractivity contribution in [1.29, 1.82) is 0 Å². The summed E-state index contributed by atoms with van der Waals surface area (Å²) in [5, 5.41) is 14.9. The number of carbonyl (C=O) groups is 1. The van der Waals surface area contributed by atoms with Crippen molar-refractivity contribution in [1.82, 2.24) is 34.7 Å². The monoisotopic (exact) mass is 520 g/mol. The molecule has 0 atom stereocenters. The van der Waals surface area contributed by atoms with Crippen molar-refractivity contribution in [2.45, 2.75) is 6.18 Å². The molecule has 178 valence electrons. The highest BCUT2D eigenvalue weighted by atomic mass is 35.5. The number of thiazole rings is 1. The van der Waals surface area contributed by atoms with Gasteiger partial charge in [-0.25, -0.2) is 9.67 Å². The van der Waals surface area contributed by atoms with Gasteiger partial charge in [0.05, 0.1) is 37.0 Å². The fourth-order valence-electron chi connectivity index (χ4n) is 3.44. The highest BCUT2D eigenvalue weighted by Gasteiger charge is 2.41. The summed E-state index contributed by atoms with van der Waals surface area (Å²) >= 11 is 6.98. The zero-order valence-electron chi connectivity index (χ0n) is 17.5. The molecule has 1 N–H and O–H groups in total. The topological polar surface area (TPSA) is 113 Å². The van der Waals surface area contributed by atoms with Gasteiger partial charge >= 0.3 is 6.18 Å². The van der Waals surface area contributed by atoms with E-state index in [1.54, 1.807) is 12.1 Å². The predicted molar refractivity (Wildman–Crippen MR) is 120 cm³/mol. The lowest BCUT2D eigenvalue weighted by Crippen LogP contribution is -2.21. The number of methoxy groups -OCH3 is 1. The number of aromatic nitrogens is 7. The minimum atomic E-state index is -4.91. The third kappa shape index (κ3) is 4.06. The van der Waals surface area contributed by atoms with E-state index in [-0.39, 0.29) is 26.9 Å². The molecule has 15 heteroatoms. The normalized spacial score (nSPS) is 11.7. The fraction of sp³-hybridized carbons (Fsp3) is 0.100.